The smallest absolute Gasteiger partial charge is 0.339 e. The van der Waals surface area contributed by atoms with E-state index in [1.807, 2.05) is 13.0 Å². The van der Waals surface area contributed by atoms with Crippen molar-refractivity contribution in [1.29, 1.82) is 0 Å². The summed E-state index contributed by atoms with van der Waals surface area (Å²) < 4.78 is 11.6. The average Bonchev–Trinajstić information content (AvgIpc) is 2.95. The van der Waals surface area contributed by atoms with E-state index in [-0.39, 0.29) is 5.78 Å². The van der Waals surface area contributed by atoms with Gasteiger partial charge in [0.25, 0.3) is 0 Å². The fourth-order valence-electron chi connectivity index (χ4n) is 2.82. The summed E-state index contributed by atoms with van der Waals surface area (Å²) in [4.78, 5) is 24.8. The van der Waals surface area contributed by atoms with Crippen LogP contribution in [0.1, 0.15) is 32.0 Å². The molecular formula is C19H18N2O4. The van der Waals surface area contributed by atoms with E-state index in [1.54, 1.807) is 40.9 Å². The number of pyridine rings is 1. The van der Waals surface area contributed by atoms with E-state index in [0.717, 1.165) is 11.1 Å². The minimum Gasteiger partial charge on any atom is -0.495 e. The van der Waals surface area contributed by atoms with Crippen molar-refractivity contribution in [3.8, 4) is 5.75 Å². The SMILES string of the molecule is COC(=O)c1ccc2cc(C)c(C(=O)c3ccc(N)c(OC)c3)n2c1. The maximum absolute atomic E-state index is 13.0. The largest absolute Gasteiger partial charge is 0.495 e. The summed E-state index contributed by atoms with van der Waals surface area (Å²) in [5.74, 6) is -0.196. The lowest BCUT2D eigenvalue weighted by atomic mass is 10.0. The van der Waals surface area contributed by atoms with Gasteiger partial charge in [0.15, 0.2) is 0 Å². The Morgan fingerprint density at radius 3 is 2.44 bits per heavy atom. The zero-order valence-electron chi connectivity index (χ0n) is 14.2. The molecule has 2 aromatic heterocycles. The van der Waals surface area contributed by atoms with Crippen LogP contribution in [0.4, 0.5) is 5.69 Å². The van der Waals surface area contributed by atoms with Gasteiger partial charge in [0.1, 0.15) is 5.75 Å². The van der Waals surface area contributed by atoms with Crippen LogP contribution in [0, 0.1) is 6.92 Å². The van der Waals surface area contributed by atoms with Crippen molar-refractivity contribution in [3.63, 3.8) is 0 Å². The molecule has 0 unspecified atom stereocenters. The van der Waals surface area contributed by atoms with Crippen LogP contribution in [-0.4, -0.2) is 30.4 Å². The molecule has 2 N–H and O–H groups in total. The van der Waals surface area contributed by atoms with Gasteiger partial charge < -0.3 is 19.6 Å². The molecular weight excluding hydrogens is 320 g/mol. The maximum atomic E-state index is 13.0. The number of hydrogen-bond donors (Lipinski definition) is 1. The van der Waals surface area contributed by atoms with Gasteiger partial charge in [0.2, 0.25) is 5.78 Å². The number of anilines is 1. The minimum atomic E-state index is -0.458. The van der Waals surface area contributed by atoms with Crippen molar-refractivity contribution < 1.29 is 19.1 Å². The zero-order valence-corrected chi connectivity index (χ0v) is 14.2. The van der Waals surface area contributed by atoms with E-state index in [4.69, 9.17) is 15.2 Å². The molecule has 0 saturated heterocycles. The second-order valence-electron chi connectivity index (χ2n) is 5.67. The van der Waals surface area contributed by atoms with Crippen LogP contribution in [0.3, 0.4) is 0 Å². The van der Waals surface area contributed by atoms with Crippen LogP contribution in [0.15, 0.2) is 42.6 Å². The number of aryl methyl sites for hydroxylation is 1. The third-order valence-electron chi connectivity index (χ3n) is 4.09. The highest BCUT2D eigenvalue weighted by Crippen LogP contribution is 2.26. The van der Waals surface area contributed by atoms with Crippen molar-refractivity contribution in [3.05, 3.63) is 65.0 Å². The molecule has 6 heteroatoms. The molecule has 0 radical (unpaired) electrons. The summed E-state index contributed by atoms with van der Waals surface area (Å²) in [7, 11) is 2.82. The predicted octanol–water partition coefficient (Wildman–Crippen LogP) is 2.86. The number of aromatic nitrogens is 1. The van der Waals surface area contributed by atoms with Gasteiger partial charge in [-0.25, -0.2) is 4.79 Å². The highest BCUT2D eigenvalue weighted by Gasteiger charge is 2.19. The predicted molar refractivity (Wildman–Crippen MR) is 94.3 cm³/mol. The number of carbonyl (C=O) groups excluding carboxylic acids is 2. The van der Waals surface area contributed by atoms with Gasteiger partial charge in [0.05, 0.1) is 31.2 Å². The van der Waals surface area contributed by atoms with Gasteiger partial charge in [-0.1, -0.05) is 0 Å². The minimum absolute atomic E-state index is 0.183. The van der Waals surface area contributed by atoms with E-state index >= 15 is 0 Å². The summed E-state index contributed by atoms with van der Waals surface area (Å²) in [6.45, 7) is 1.85. The molecule has 0 amide bonds. The average molecular weight is 338 g/mol. The van der Waals surface area contributed by atoms with Gasteiger partial charge >= 0.3 is 5.97 Å². The highest BCUT2D eigenvalue weighted by molar-refractivity contribution is 6.10. The second-order valence-corrected chi connectivity index (χ2v) is 5.67. The number of carbonyl (C=O) groups is 2. The molecule has 0 bridgehead atoms. The van der Waals surface area contributed by atoms with Crippen LogP contribution >= 0.6 is 0 Å². The lowest BCUT2D eigenvalue weighted by Gasteiger charge is -2.09. The maximum Gasteiger partial charge on any atom is 0.339 e. The fraction of sp³-hybridized carbons (Fsp3) is 0.158. The Hall–Kier alpha value is -3.28. The number of methoxy groups -OCH3 is 2. The van der Waals surface area contributed by atoms with E-state index < -0.39 is 5.97 Å². The van der Waals surface area contributed by atoms with Gasteiger partial charge in [-0.15, -0.1) is 0 Å². The molecule has 2 heterocycles. The monoisotopic (exact) mass is 338 g/mol. The number of nitrogens with two attached hydrogens (primary N) is 1. The highest BCUT2D eigenvalue weighted by atomic mass is 16.5. The summed E-state index contributed by atoms with van der Waals surface area (Å²) in [5, 5.41) is 0. The third-order valence-corrected chi connectivity index (χ3v) is 4.09. The molecule has 0 aliphatic rings. The number of hydrogen-bond acceptors (Lipinski definition) is 5. The molecule has 3 rings (SSSR count). The number of benzene rings is 1. The standard InChI is InChI=1S/C19H18N2O4/c1-11-8-14-6-4-13(19(23)25-3)10-21(14)17(11)18(22)12-5-7-15(20)16(9-12)24-2/h4-10H,20H2,1-3H3. The molecule has 0 spiro atoms. The Bertz CT molecular complexity index is 988. The Balaban J connectivity index is 2.15. The normalized spacial score (nSPS) is 10.7. The van der Waals surface area contributed by atoms with Gasteiger partial charge in [0, 0.05) is 17.3 Å². The van der Waals surface area contributed by atoms with Crippen molar-refractivity contribution in [2.45, 2.75) is 6.92 Å². The number of nitrogens with zero attached hydrogens (tertiary/aromatic N) is 1. The number of ether oxygens (including phenoxy) is 2. The van der Waals surface area contributed by atoms with Crippen LogP contribution in [0.2, 0.25) is 0 Å². The van der Waals surface area contributed by atoms with Crippen molar-refractivity contribution in [2.75, 3.05) is 20.0 Å². The lowest BCUT2D eigenvalue weighted by molar-refractivity contribution is 0.0600. The number of rotatable bonds is 4. The Morgan fingerprint density at radius 1 is 1.04 bits per heavy atom. The summed E-state index contributed by atoms with van der Waals surface area (Å²) >= 11 is 0. The molecule has 25 heavy (non-hydrogen) atoms. The number of fused-ring (bicyclic) bond motifs is 1. The number of nitrogen functional groups attached to an aromatic ring is 1. The molecule has 0 aliphatic carbocycles. The first-order valence-corrected chi connectivity index (χ1v) is 7.64. The van der Waals surface area contributed by atoms with Crippen LogP contribution in [0.25, 0.3) is 5.52 Å². The number of ketones is 1. The molecule has 6 nitrogen and oxygen atoms in total. The Morgan fingerprint density at radius 2 is 1.76 bits per heavy atom. The summed E-state index contributed by atoms with van der Waals surface area (Å²) in [5.41, 5.74) is 9.21. The topological polar surface area (TPSA) is 83.0 Å². The molecule has 0 fully saturated rings. The first-order chi connectivity index (χ1) is 12.0. The fourth-order valence-corrected chi connectivity index (χ4v) is 2.82. The van der Waals surface area contributed by atoms with Gasteiger partial charge in [-0.2, -0.15) is 0 Å². The summed E-state index contributed by atoms with van der Waals surface area (Å²) in [6, 6.07) is 10.2. The second kappa shape index (κ2) is 6.32. The first-order valence-electron chi connectivity index (χ1n) is 7.64. The van der Waals surface area contributed by atoms with Gasteiger partial charge in [-0.05, 0) is 48.9 Å². The Labute approximate surface area is 144 Å². The van der Waals surface area contributed by atoms with Crippen molar-refractivity contribution >= 4 is 23.0 Å². The molecule has 3 aromatic rings. The van der Waals surface area contributed by atoms with Crippen LogP contribution in [0.5, 0.6) is 5.75 Å². The molecule has 1 aromatic carbocycles. The third kappa shape index (κ3) is 2.82. The van der Waals surface area contributed by atoms with Gasteiger partial charge in [-0.3, -0.25) is 4.79 Å². The first kappa shape index (κ1) is 16.6. The zero-order chi connectivity index (χ0) is 18.1. The molecule has 0 atom stereocenters. The molecule has 0 aliphatic heterocycles. The van der Waals surface area contributed by atoms with E-state index in [9.17, 15) is 9.59 Å². The Kier molecular flexibility index (Phi) is 4.19. The van der Waals surface area contributed by atoms with Crippen molar-refractivity contribution in [1.82, 2.24) is 4.40 Å². The molecule has 0 saturated carbocycles. The van der Waals surface area contributed by atoms with E-state index in [1.165, 1.54) is 14.2 Å². The summed E-state index contributed by atoms with van der Waals surface area (Å²) in [6.07, 6.45) is 1.61. The molecule has 128 valence electrons. The van der Waals surface area contributed by atoms with E-state index in [0.29, 0.717) is 28.3 Å². The van der Waals surface area contributed by atoms with E-state index in [2.05, 4.69) is 0 Å². The van der Waals surface area contributed by atoms with Crippen LogP contribution in [-0.2, 0) is 4.74 Å². The van der Waals surface area contributed by atoms with Crippen LogP contribution < -0.4 is 10.5 Å². The number of esters is 1. The van der Waals surface area contributed by atoms with Crippen molar-refractivity contribution in [2.24, 2.45) is 0 Å². The quantitative estimate of drug-likeness (QED) is 0.449. The lowest BCUT2D eigenvalue weighted by Crippen LogP contribution is -2.09.